The number of carbonyl (C=O) groups is 1. The molecule has 1 N–H and O–H groups in total. The van der Waals surface area contributed by atoms with Crippen molar-refractivity contribution in [3.8, 4) is 0 Å². The maximum absolute atomic E-state index is 11.2. The van der Waals surface area contributed by atoms with Crippen LogP contribution in [0.1, 0.15) is 91.4 Å². The molecule has 0 amide bonds. The van der Waals surface area contributed by atoms with Gasteiger partial charge in [-0.05, 0) is 32.7 Å². The van der Waals surface area contributed by atoms with E-state index in [1.165, 1.54) is 64.2 Å². The van der Waals surface area contributed by atoms with Crippen molar-refractivity contribution >= 4 is 5.97 Å². The van der Waals surface area contributed by atoms with Crippen LogP contribution in [0.3, 0.4) is 0 Å². The summed E-state index contributed by atoms with van der Waals surface area (Å²) >= 11 is 0. The fraction of sp³-hybridized carbons (Fsp3) is 0.947. The standard InChI is InChI=1S/C19H37NO2/c1-4-6-8-10-13-19(3,14-11-9-7-5-2)20-15-12-17(16-20)18(21)22/h17H,4-16H2,1-3H3,(H,21,22). The lowest BCUT2D eigenvalue weighted by molar-refractivity contribution is -0.141. The van der Waals surface area contributed by atoms with Gasteiger partial charge in [0.15, 0.2) is 0 Å². The topological polar surface area (TPSA) is 40.5 Å². The van der Waals surface area contributed by atoms with Gasteiger partial charge in [-0.3, -0.25) is 9.69 Å². The number of aliphatic carboxylic acids is 1. The molecular weight excluding hydrogens is 274 g/mol. The summed E-state index contributed by atoms with van der Waals surface area (Å²) in [5.74, 6) is -0.757. The van der Waals surface area contributed by atoms with Crippen molar-refractivity contribution in [3.05, 3.63) is 0 Å². The first kappa shape index (κ1) is 19.5. The first-order chi connectivity index (χ1) is 10.5. The minimum Gasteiger partial charge on any atom is -0.481 e. The van der Waals surface area contributed by atoms with Gasteiger partial charge in [-0.15, -0.1) is 0 Å². The van der Waals surface area contributed by atoms with Crippen LogP contribution >= 0.6 is 0 Å². The average molecular weight is 312 g/mol. The summed E-state index contributed by atoms with van der Waals surface area (Å²) in [4.78, 5) is 13.7. The van der Waals surface area contributed by atoms with E-state index < -0.39 is 5.97 Å². The molecule has 1 rings (SSSR count). The van der Waals surface area contributed by atoms with Crippen LogP contribution in [-0.2, 0) is 4.79 Å². The number of rotatable bonds is 12. The molecule has 3 heteroatoms. The molecule has 22 heavy (non-hydrogen) atoms. The zero-order chi connectivity index (χ0) is 16.4. The lowest BCUT2D eigenvalue weighted by Gasteiger charge is -2.39. The van der Waals surface area contributed by atoms with Gasteiger partial charge in [-0.2, -0.15) is 0 Å². The van der Waals surface area contributed by atoms with Gasteiger partial charge in [0, 0.05) is 12.1 Å². The Hall–Kier alpha value is -0.570. The summed E-state index contributed by atoms with van der Waals surface area (Å²) < 4.78 is 0. The molecule has 1 unspecified atom stereocenters. The van der Waals surface area contributed by atoms with Gasteiger partial charge in [0.05, 0.1) is 5.92 Å². The fourth-order valence-electron chi connectivity index (χ4n) is 3.76. The van der Waals surface area contributed by atoms with Crippen LogP contribution in [0.2, 0.25) is 0 Å². The molecule has 1 aliphatic rings. The van der Waals surface area contributed by atoms with E-state index in [0.717, 1.165) is 19.5 Å². The highest BCUT2D eigenvalue weighted by Gasteiger charge is 2.38. The molecule has 0 aromatic rings. The molecule has 3 nitrogen and oxygen atoms in total. The van der Waals surface area contributed by atoms with Crippen LogP contribution in [0.5, 0.6) is 0 Å². The van der Waals surface area contributed by atoms with Gasteiger partial charge < -0.3 is 5.11 Å². The summed E-state index contributed by atoms with van der Waals surface area (Å²) in [6, 6.07) is 0. The zero-order valence-electron chi connectivity index (χ0n) is 15.1. The summed E-state index contributed by atoms with van der Waals surface area (Å²) in [6.45, 7) is 8.61. The summed E-state index contributed by atoms with van der Waals surface area (Å²) in [6.07, 6.45) is 13.7. The van der Waals surface area contributed by atoms with E-state index in [9.17, 15) is 9.90 Å². The normalized spacial score (nSPS) is 19.7. The van der Waals surface area contributed by atoms with Crippen molar-refractivity contribution < 1.29 is 9.90 Å². The van der Waals surface area contributed by atoms with Crippen molar-refractivity contribution in [3.63, 3.8) is 0 Å². The fourth-order valence-corrected chi connectivity index (χ4v) is 3.76. The van der Waals surface area contributed by atoms with Crippen molar-refractivity contribution in [2.75, 3.05) is 13.1 Å². The minimum atomic E-state index is -0.609. The number of hydrogen-bond acceptors (Lipinski definition) is 2. The average Bonchev–Trinajstić information content (AvgIpc) is 2.99. The summed E-state index contributed by atoms with van der Waals surface area (Å²) in [5.41, 5.74) is 0.214. The van der Waals surface area contributed by atoms with E-state index in [0.29, 0.717) is 0 Å². The van der Waals surface area contributed by atoms with E-state index >= 15 is 0 Å². The summed E-state index contributed by atoms with van der Waals surface area (Å²) in [5, 5.41) is 9.26. The molecule has 0 aromatic heterocycles. The molecule has 0 aromatic carbocycles. The van der Waals surface area contributed by atoms with E-state index in [4.69, 9.17) is 0 Å². The van der Waals surface area contributed by atoms with Gasteiger partial charge in [0.25, 0.3) is 0 Å². The van der Waals surface area contributed by atoms with E-state index in [1.54, 1.807) is 0 Å². The minimum absolute atomic E-state index is 0.148. The molecule has 1 atom stereocenters. The van der Waals surface area contributed by atoms with Crippen LogP contribution in [-0.4, -0.2) is 34.6 Å². The van der Waals surface area contributed by atoms with Crippen LogP contribution < -0.4 is 0 Å². The molecule has 130 valence electrons. The highest BCUT2D eigenvalue weighted by molar-refractivity contribution is 5.70. The molecule has 1 saturated heterocycles. The molecule has 1 aliphatic heterocycles. The molecular formula is C19H37NO2. The van der Waals surface area contributed by atoms with Crippen molar-refractivity contribution in [2.45, 2.75) is 96.9 Å². The molecule has 0 saturated carbocycles. The van der Waals surface area contributed by atoms with Crippen LogP contribution in [0.4, 0.5) is 0 Å². The number of hydrogen-bond donors (Lipinski definition) is 1. The first-order valence-electron chi connectivity index (χ1n) is 9.51. The Kier molecular flexibility index (Phi) is 9.08. The lowest BCUT2D eigenvalue weighted by atomic mass is 9.86. The van der Waals surface area contributed by atoms with Crippen LogP contribution in [0, 0.1) is 5.92 Å². The van der Waals surface area contributed by atoms with Crippen LogP contribution in [0.25, 0.3) is 0 Å². The van der Waals surface area contributed by atoms with Gasteiger partial charge in [-0.1, -0.05) is 65.2 Å². The Morgan fingerprint density at radius 3 is 2.00 bits per heavy atom. The van der Waals surface area contributed by atoms with Gasteiger partial charge in [-0.25, -0.2) is 0 Å². The Bertz CT molecular complexity index is 305. The zero-order valence-corrected chi connectivity index (χ0v) is 15.1. The number of nitrogens with zero attached hydrogens (tertiary/aromatic N) is 1. The first-order valence-corrected chi connectivity index (χ1v) is 9.51. The van der Waals surface area contributed by atoms with Crippen molar-refractivity contribution in [1.82, 2.24) is 4.90 Å². The Labute approximate surface area is 137 Å². The smallest absolute Gasteiger partial charge is 0.307 e. The Balaban J connectivity index is 2.54. The second-order valence-electron chi connectivity index (χ2n) is 7.39. The highest BCUT2D eigenvalue weighted by atomic mass is 16.4. The second-order valence-corrected chi connectivity index (χ2v) is 7.39. The van der Waals surface area contributed by atoms with Crippen LogP contribution in [0.15, 0.2) is 0 Å². The van der Waals surface area contributed by atoms with Gasteiger partial charge in [0.1, 0.15) is 0 Å². The molecule has 0 radical (unpaired) electrons. The maximum atomic E-state index is 11.2. The number of carboxylic acid groups (broad SMARTS) is 1. The monoisotopic (exact) mass is 311 g/mol. The molecule has 0 spiro atoms. The quantitative estimate of drug-likeness (QED) is 0.510. The highest BCUT2D eigenvalue weighted by Crippen LogP contribution is 2.33. The molecule has 0 aliphatic carbocycles. The number of unbranched alkanes of at least 4 members (excludes halogenated alkanes) is 6. The second kappa shape index (κ2) is 10.3. The van der Waals surface area contributed by atoms with E-state index in [2.05, 4.69) is 25.7 Å². The number of likely N-dealkylation sites (tertiary alicyclic amines) is 1. The third-order valence-electron chi connectivity index (χ3n) is 5.44. The Morgan fingerprint density at radius 2 is 1.59 bits per heavy atom. The van der Waals surface area contributed by atoms with Crippen molar-refractivity contribution in [1.29, 1.82) is 0 Å². The maximum Gasteiger partial charge on any atom is 0.307 e. The molecule has 1 fully saturated rings. The van der Waals surface area contributed by atoms with Gasteiger partial charge >= 0.3 is 5.97 Å². The summed E-state index contributed by atoms with van der Waals surface area (Å²) in [7, 11) is 0. The third-order valence-corrected chi connectivity index (χ3v) is 5.44. The lowest BCUT2D eigenvalue weighted by Crippen LogP contribution is -2.45. The third kappa shape index (κ3) is 6.28. The van der Waals surface area contributed by atoms with E-state index in [1.807, 2.05) is 0 Å². The predicted molar refractivity (Wildman–Crippen MR) is 93.2 cm³/mol. The SMILES string of the molecule is CCCCCCC(C)(CCCCCC)N1CCC(C(=O)O)C1. The van der Waals surface area contributed by atoms with Gasteiger partial charge in [0.2, 0.25) is 0 Å². The largest absolute Gasteiger partial charge is 0.481 e. The van der Waals surface area contributed by atoms with Crippen molar-refractivity contribution in [2.24, 2.45) is 5.92 Å². The predicted octanol–water partition coefficient (Wildman–Crippen LogP) is 5.09. The Morgan fingerprint density at radius 1 is 1.05 bits per heavy atom. The molecule has 0 bridgehead atoms. The van der Waals surface area contributed by atoms with E-state index in [-0.39, 0.29) is 11.5 Å². The number of carboxylic acids is 1. The molecule has 1 heterocycles.